The highest BCUT2D eigenvalue weighted by molar-refractivity contribution is 6.01. The van der Waals surface area contributed by atoms with E-state index in [1.807, 2.05) is 4.90 Å². The van der Waals surface area contributed by atoms with Crippen molar-refractivity contribution < 1.29 is 33.2 Å². The van der Waals surface area contributed by atoms with Crippen molar-refractivity contribution in [1.29, 1.82) is 0 Å². The lowest BCUT2D eigenvalue weighted by atomic mass is 9.92. The molecular formula is C33H36F3N5O4. The molecule has 0 spiro atoms. The highest BCUT2D eigenvalue weighted by Gasteiger charge is 2.49. The quantitative estimate of drug-likeness (QED) is 0.270. The number of piperidine rings is 1. The van der Waals surface area contributed by atoms with Gasteiger partial charge in [0.25, 0.3) is 0 Å². The normalized spacial score (nSPS) is 23.2. The number of fused-ring (bicyclic) bond motifs is 3. The molecule has 3 aliphatic rings. The Labute approximate surface area is 258 Å². The topological polar surface area (TPSA) is 115 Å². The molecule has 3 N–H and O–H groups in total. The van der Waals surface area contributed by atoms with E-state index in [4.69, 9.17) is 4.74 Å². The van der Waals surface area contributed by atoms with Crippen LogP contribution >= 0.6 is 0 Å². The van der Waals surface area contributed by atoms with Crippen molar-refractivity contribution in [2.24, 2.45) is 0 Å². The molecule has 0 radical (unpaired) electrons. The molecule has 0 aliphatic carbocycles. The highest BCUT2D eigenvalue weighted by atomic mass is 19.1. The molecule has 238 valence electrons. The Morgan fingerprint density at radius 3 is 2.64 bits per heavy atom. The van der Waals surface area contributed by atoms with Gasteiger partial charge < -0.3 is 25.0 Å². The first kappa shape index (κ1) is 29.9. The minimum Gasteiger partial charge on any atom is -0.508 e. The summed E-state index contributed by atoms with van der Waals surface area (Å²) in [6.07, 6.45) is 3.47. The lowest BCUT2D eigenvalue weighted by molar-refractivity contribution is -0.0326. The second kappa shape index (κ2) is 11.3. The number of nitrogens with zero attached hydrogens (tertiary/aromatic N) is 5. The Morgan fingerprint density at radius 1 is 1.09 bits per heavy atom. The molecule has 0 amide bonds. The summed E-state index contributed by atoms with van der Waals surface area (Å²) in [6.45, 7) is 3.41. The maximum atomic E-state index is 16.7. The van der Waals surface area contributed by atoms with E-state index in [2.05, 4.69) is 19.9 Å². The summed E-state index contributed by atoms with van der Waals surface area (Å²) in [4.78, 5) is 17.6. The first-order valence-electron chi connectivity index (χ1n) is 15.5. The zero-order valence-corrected chi connectivity index (χ0v) is 25.1. The maximum absolute atomic E-state index is 16.7. The number of aliphatic hydroxyl groups excluding tert-OH is 1. The number of benzene rings is 2. The Hall–Kier alpha value is -3.74. The van der Waals surface area contributed by atoms with Crippen LogP contribution in [0.15, 0.2) is 30.5 Å². The van der Waals surface area contributed by atoms with E-state index in [0.29, 0.717) is 60.0 Å². The molecule has 0 saturated carbocycles. The van der Waals surface area contributed by atoms with E-state index in [-0.39, 0.29) is 54.6 Å². The van der Waals surface area contributed by atoms with Gasteiger partial charge in [-0.1, -0.05) is 13.0 Å². The number of halogens is 3. The fraction of sp³-hybridized carbons (Fsp3) is 0.485. The number of hydrogen-bond donors (Lipinski definition) is 3. The molecule has 45 heavy (non-hydrogen) atoms. The summed E-state index contributed by atoms with van der Waals surface area (Å²) in [6, 6.07) is 5.68. The summed E-state index contributed by atoms with van der Waals surface area (Å²) in [5, 5.41) is 32.1. The molecule has 2 aromatic heterocycles. The molecule has 12 heteroatoms. The summed E-state index contributed by atoms with van der Waals surface area (Å²) < 4.78 is 52.2. The standard InChI is InChI=1S/C33H36F3N5O4/c1-2-22-25(35)5-4-19-12-21(43)13-23(26(19)22)28-27(36)29-24(15-37-28)30(40-10-7-33(44,17-42)8-11-40)39-31(38-29)45-18-32-6-3-9-41(32)16-20(34)14-32/h4-5,12-13,15,20,42-44H,2-3,6-11,14,16-18H2,1H3/t20-,32+/m1/s1. The van der Waals surface area contributed by atoms with Crippen molar-refractivity contribution in [2.45, 2.75) is 62.8 Å². The number of aliphatic hydroxyl groups is 2. The number of rotatable bonds is 7. The molecule has 0 unspecified atom stereocenters. The number of phenols is 1. The number of aryl methyl sites for hydroxylation is 1. The maximum Gasteiger partial charge on any atom is 0.319 e. The molecule has 0 bridgehead atoms. The lowest BCUT2D eigenvalue weighted by Crippen LogP contribution is -2.47. The fourth-order valence-electron chi connectivity index (χ4n) is 7.49. The minimum absolute atomic E-state index is 0.0653. The van der Waals surface area contributed by atoms with Crippen molar-refractivity contribution >= 4 is 27.5 Å². The Morgan fingerprint density at radius 2 is 1.89 bits per heavy atom. The first-order valence-corrected chi connectivity index (χ1v) is 15.5. The van der Waals surface area contributed by atoms with Gasteiger partial charge in [-0.15, -0.1) is 0 Å². The van der Waals surface area contributed by atoms with Crippen molar-refractivity contribution in [3.05, 3.63) is 47.7 Å². The van der Waals surface area contributed by atoms with Gasteiger partial charge in [0, 0.05) is 37.8 Å². The van der Waals surface area contributed by atoms with E-state index in [0.717, 1.165) is 19.4 Å². The SMILES string of the molecule is CCc1c(F)ccc2cc(O)cc(-c3ncc4c(N5CCC(O)(CO)CC5)nc(OC[C@@]56CCCN5C[C@H](F)C6)nc4c3F)c12. The van der Waals surface area contributed by atoms with Gasteiger partial charge in [-0.3, -0.25) is 9.88 Å². The summed E-state index contributed by atoms with van der Waals surface area (Å²) in [7, 11) is 0. The van der Waals surface area contributed by atoms with Gasteiger partial charge in [0.05, 0.1) is 23.1 Å². The van der Waals surface area contributed by atoms with E-state index in [1.54, 1.807) is 13.0 Å². The second-order valence-corrected chi connectivity index (χ2v) is 12.7. The molecule has 3 aliphatic heterocycles. The Kier molecular flexibility index (Phi) is 7.49. The monoisotopic (exact) mass is 623 g/mol. The van der Waals surface area contributed by atoms with Gasteiger partial charge in [0.2, 0.25) is 0 Å². The molecule has 4 aromatic rings. The number of aromatic hydroxyl groups is 1. The van der Waals surface area contributed by atoms with Gasteiger partial charge >= 0.3 is 6.01 Å². The summed E-state index contributed by atoms with van der Waals surface area (Å²) >= 11 is 0. The Bertz CT molecular complexity index is 1780. The third-order valence-electron chi connectivity index (χ3n) is 9.92. The third-order valence-corrected chi connectivity index (χ3v) is 9.92. The van der Waals surface area contributed by atoms with Gasteiger partial charge in [-0.2, -0.15) is 9.97 Å². The van der Waals surface area contributed by atoms with Crippen molar-refractivity contribution in [3.8, 4) is 23.0 Å². The molecule has 5 heterocycles. The highest BCUT2D eigenvalue weighted by Crippen LogP contribution is 2.42. The third kappa shape index (κ3) is 5.12. The van der Waals surface area contributed by atoms with Crippen LogP contribution in [-0.2, 0) is 6.42 Å². The van der Waals surface area contributed by atoms with Crippen LogP contribution in [0.5, 0.6) is 11.8 Å². The summed E-state index contributed by atoms with van der Waals surface area (Å²) in [5.74, 6) is -0.972. The van der Waals surface area contributed by atoms with Crippen molar-refractivity contribution in [2.75, 3.05) is 44.3 Å². The average molecular weight is 624 g/mol. The van der Waals surface area contributed by atoms with Gasteiger partial charge in [-0.25, -0.2) is 13.2 Å². The minimum atomic E-state index is -1.21. The largest absolute Gasteiger partial charge is 0.508 e. The van der Waals surface area contributed by atoms with Crippen LogP contribution in [0.4, 0.5) is 19.0 Å². The number of hydrogen-bond acceptors (Lipinski definition) is 9. The molecule has 3 saturated heterocycles. The second-order valence-electron chi connectivity index (χ2n) is 12.7. The van der Waals surface area contributed by atoms with Crippen LogP contribution in [0.1, 0.15) is 44.6 Å². The van der Waals surface area contributed by atoms with E-state index >= 15 is 4.39 Å². The average Bonchev–Trinajstić information content (AvgIpc) is 3.56. The van der Waals surface area contributed by atoms with Crippen LogP contribution in [-0.4, -0.2) is 91.9 Å². The van der Waals surface area contributed by atoms with Crippen LogP contribution < -0.4 is 9.64 Å². The predicted molar refractivity (Wildman–Crippen MR) is 163 cm³/mol. The van der Waals surface area contributed by atoms with Crippen molar-refractivity contribution in [1.82, 2.24) is 19.9 Å². The van der Waals surface area contributed by atoms with Gasteiger partial charge in [0.1, 0.15) is 41.4 Å². The van der Waals surface area contributed by atoms with E-state index < -0.39 is 28.9 Å². The Balaban J connectivity index is 1.36. The van der Waals surface area contributed by atoms with Crippen LogP contribution in [0.25, 0.3) is 32.9 Å². The van der Waals surface area contributed by atoms with E-state index in [9.17, 15) is 24.1 Å². The molecule has 2 atom stereocenters. The zero-order valence-electron chi connectivity index (χ0n) is 25.1. The van der Waals surface area contributed by atoms with Crippen LogP contribution in [0.2, 0.25) is 0 Å². The molecule has 7 rings (SSSR count). The fourth-order valence-corrected chi connectivity index (χ4v) is 7.49. The predicted octanol–water partition coefficient (Wildman–Crippen LogP) is 4.67. The summed E-state index contributed by atoms with van der Waals surface area (Å²) in [5.41, 5.74) is -1.24. The lowest BCUT2D eigenvalue weighted by Gasteiger charge is -2.38. The van der Waals surface area contributed by atoms with Crippen LogP contribution in [0.3, 0.4) is 0 Å². The number of pyridine rings is 1. The smallest absolute Gasteiger partial charge is 0.319 e. The first-order chi connectivity index (χ1) is 21.6. The molecule has 3 fully saturated rings. The molecular weight excluding hydrogens is 587 g/mol. The van der Waals surface area contributed by atoms with E-state index in [1.165, 1.54) is 24.4 Å². The van der Waals surface area contributed by atoms with Gasteiger partial charge in [0.15, 0.2) is 5.82 Å². The molecule has 9 nitrogen and oxygen atoms in total. The van der Waals surface area contributed by atoms with Gasteiger partial charge in [-0.05, 0) is 73.2 Å². The molecule has 2 aromatic carbocycles. The van der Waals surface area contributed by atoms with Crippen molar-refractivity contribution in [3.63, 3.8) is 0 Å². The number of phenolic OH excluding ortho intramolecular Hbond substituents is 1. The number of anilines is 1. The van der Waals surface area contributed by atoms with Crippen LogP contribution in [0, 0.1) is 11.6 Å². The number of alkyl halides is 1. The zero-order chi connectivity index (χ0) is 31.5. The number of aromatic nitrogens is 3. The number of ether oxygens (including phenoxy) is 1.